The monoisotopic (exact) mass is 330 g/mol. The number of rotatable bonds is 6. The van der Waals surface area contributed by atoms with Gasteiger partial charge in [0, 0.05) is 25.2 Å². The van der Waals surface area contributed by atoms with Crippen LogP contribution in [-0.2, 0) is 4.79 Å². The van der Waals surface area contributed by atoms with Gasteiger partial charge in [-0.15, -0.1) is 0 Å². The number of carbonyl (C=O) groups excluding carboxylic acids is 2. The van der Waals surface area contributed by atoms with Gasteiger partial charge in [-0.3, -0.25) is 9.79 Å². The molecule has 0 radical (unpaired) electrons. The zero-order valence-corrected chi connectivity index (χ0v) is 14.1. The van der Waals surface area contributed by atoms with E-state index in [9.17, 15) is 9.59 Å². The summed E-state index contributed by atoms with van der Waals surface area (Å²) in [5.41, 5.74) is 1.15. The second-order valence-corrected chi connectivity index (χ2v) is 6.16. The quantitative estimate of drug-likeness (QED) is 0.752. The Morgan fingerprint density at radius 1 is 1.38 bits per heavy atom. The van der Waals surface area contributed by atoms with Gasteiger partial charge in [0.1, 0.15) is 5.78 Å². The maximum atomic E-state index is 12.7. The fraction of sp³-hybridized carbons (Fsp3) is 0.500. The summed E-state index contributed by atoms with van der Waals surface area (Å²) in [6.07, 6.45) is 4.94. The van der Waals surface area contributed by atoms with Gasteiger partial charge in [0.25, 0.3) is 5.91 Å². The Morgan fingerprint density at radius 2 is 2.21 bits per heavy atom. The minimum atomic E-state index is -0.00794. The van der Waals surface area contributed by atoms with Gasteiger partial charge in [0.05, 0.1) is 31.0 Å². The molecule has 6 heteroatoms. The van der Waals surface area contributed by atoms with Crippen LogP contribution in [0.5, 0.6) is 11.5 Å². The predicted octanol–water partition coefficient (Wildman–Crippen LogP) is 2.76. The van der Waals surface area contributed by atoms with Gasteiger partial charge < -0.3 is 19.2 Å². The Labute approximate surface area is 141 Å². The summed E-state index contributed by atoms with van der Waals surface area (Å²) in [6.45, 7) is 2.75. The van der Waals surface area contributed by atoms with Crippen LogP contribution in [0.3, 0.4) is 0 Å². The van der Waals surface area contributed by atoms with Crippen LogP contribution in [0.4, 0.5) is 5.69 Å². The third kappa shape index (κ3) is 3.27. The summed E-state index contributed by atoms with van der Waals surface area (Å²) in [4.78, 5) is 30.1. The average Bonchev–Trinajstić information content (AvgIpc) is 3.00. The molecule has 0 aliphatic carbocycles. The molecule has 0 aromatic heterocycles. The number of nitrogens with zero attached hydrogens (tertiary/aromatic N) is 2. The maximum absolute atomic E-state index is 12.7. The van der Waals surface area contributed by atoms with E-state index in [-0.39, 0.29) is 17.7 Å². The lowest BCUT2D eigenvalue weighted by molar-refractivity contribution is -0.117. The van der Waals surface area contributed by atoms with E-state index in [1.54, 1.807) is 26.2 Å². The zero-order chi connectivity index (χ0) is 17.1. The van der Waals surface area contributed by atoms with Crippen molar-refractivity contribution in [2.45, 2.75) is 38.6 Å². The first-order valence-corrected chi connectivity index (χ1v) is 8.29. The minimum absolute atomic E-state index is 0.00794. The van der Waals surface area contributed by atoms with E-state index in [1.807, 2.05) is 11.1 Å². The number of ether oxygens (including phenoxy) is 2. The standard InChI is InChI=1S/C18H22N2O4/c1-12(21)5-4-8-24-17-10-15-14(9-16(17)23-2)18(22)20-7-3-6-13(20)11-19-15/h9-11,13H,3-8H2,1-2H3. The van der Waals surface area contributed by atoms with Crippen molar-refractivity contribution >= 4 is 23.6 Å². The number of Topliss-reactive ketones (excluding diaryl/α,β-unsaturated/α-hetero) is 1. The van der Waals surface area contributed by atoms with E-state index in [2.05, 4.69) is 4.99 Å². The van der Waals surface area contributed by atoms with Crippen molar-refractivity contribution in [1.82, 2.24) is 4.90 Å². The third-order valence-electron chi connectivity index (χ3n) is 4.39. The van der Waals surface area contributed by atoms with Crippen LogP contribution in [0.25, 0.3) is 0 Å². The number of carbonyl (C=O) groups is 2. The number of methoxy groups -OCH3 is 1. The average molecular weight is 330 g/mol. The summed E-state index contributed by atoms with van der Waals surface area (Å²) < 4.78 is 11.1. The van der Waals surface area contributed by atoms with Gasteiger partial charge >= 0.3 is 0 Å². The number of benzene rings is 1. The zero-order valence-electron chi connectivity index (χ0n) is 14.1. The Hall–Kier alpha value is -2.37. The van der Waals surface area contributed by atoms with Gasteiger partial charge in [-0.1, -0.05) is 0 Å². The second kappa shape index (κ2) is 7.03. The summed E-state index contributed by atoms with van der Waals surface area (Å²) in [5.74, 6) is 1.19. The molecular formula is C18H22N2O4. The fourth-order valence-electron chi connectivity index (χ4n) is 3.12. The topological polar surface area (TPSA) is 68.2 Å². The van der Waals surface area contributed by atoms with Gasteiger partial charge in [0.15, 0.2) is 11.5 Å². The van der Waals surface area contributed by atoms with E-state index in [1.165, 1.54) is 0 Å². The molecule has 6 nitrogen and oxygen atoms in total. The van der Waals surface area contributed by atoms with Crippen molar-refractivity contribution < 1.29 is 19.1 Å². The Morgan fingerprint density at radius 3 is 2.96 bits per heavy atom. The molecule has 0 spiro atoms. The number of aliphatic imine (C=N–C) groups is 1. The minimum Gasteiger partial charge on any atom is -0.493 e. The molecule has 24 heavy (non-hydrogen) atoms. The van der Waals surface area contributed by atoms with Gasteiger partial charge in [0.2, 0.25) is 0 Å². The molecule has 128 valence electrons. The normalized spacial score (nSPS) is 18.8. The van der Waals surface area contributed by atoms with Gasteiger partial charge in [-0.25, -0.2) is 0 Å². The summed E-state index contributed by atoms with van der Waals surface area (Å²) in [6, 6.07) is 3.53. The van der Waals surface area contributed by atoms with Crippen LogP contribution in [0.2, 0.25) is 0 Å². The van der Waals surface area contributed by atoms with Crippen molar-refractivity contribution in [1.29, 1.82) is 0 Å². The Balaban J connectivity index is 1.84. The molecule has 2 aliphatic rings. The molecule has 3 rings (SSSR count). The van der Waals surface area contributed by atoms with E-state index < -0.39 is 0 Å². The van der Waals surface area contributed by atoms with Crippen LogP contribution in [0.15, 0.2) is 17.1 Å². The molecular weight excluding hydrogens is 308 g/mol. The predicted molar refractivity (Wildman–Crippen MR) is 90.6 cm³/mol. The highest BCUT2D eigenvalue weighted by molar-refractivity contribution is 6.03. The van der Waals surface area contributed by atoms with Crippen LogP contribution in [0, 0.1) is 0 Å². The lowest BCUT2D eigenvalue weighted by Crippen LogP contribution is -2.35. The van der Waals surface area contributed by atoms with Gasteiger partial charge in [-0.05, 0) is 32.3 Å². The van der Waals surface area contributed by atoms with Crippen LogP contribution >= 0.6 is 0 Å². The highest BCUT2D eigenvalue weighted by Crippen LogP contribution is 2.38. The second-order valence-electron chi connectivity index (χ2n) is 6.16. The van der Waals surface area contributed by atoms with Gasteiger partial charge in [-0.2, -0.15) is 0 Å². The summed E-state index contributed by atoms with van der Waals surface area (Å²) in [5, 5.41) is 0. The molecule has 1 atom stereocenters. The molecule has 0 bridgehead atoms. The molecule has 2 aliphatic heterocycles. The van der Waals surface area contributed by atoms with E-state index >= 15 is 0 Å². The lowest BCUT2D eigenvalue weighted by Gasteiger charge is -2.20. The number of hydrogen-bond donors (Lipinski definition) is 0. The summed E-state index contributed by atoms with van der Waals surface area (Å²) >= 11 is 0. The van der Waals surface area contributed by atoms with E-state index in [4.69, 9.17) is 9.47 Å². The van der Waals surface area contributed by atoms with E-state index in [0.717, 1.165) is 19.4 Å². The Kier molecular flexibility index (Phi) is 4.83. The van der Waals surface area contributed by atoms with Crippen molar-refractivity contribution in [3.8, 4) is 11.5 Å². The molecule has 1 unspecified atom stereocenters. The SMILES string of the molecule is COc1cc2c(cc1OCCCC(C)=O)N=CC1CCCN1C2=O. The molecule has 2 heterocycles. The Bertz CT molecular complexity index is 684. The van der Waals surface area contributed by atoms with Crippen molar-refractivity contribution in [2.75, 3.05) is 20.3 Å². The number of fused-ring (bicyclic) bond motifs is 2. The smallest absolute Gasteiger partial charge is 0.256 e. The fourth-order valence-corrected chi connectivity index (χ4v) is 3.12. The largest absolute Gasteiger partial charge is 0.493 e. The molecule has 0 N–H and O–H groups in total. The van der Waals surface area contributed by atoms with Crippen molar-refractivity contribution in [3.05, 3.63) is 17.7 Å². The molecule has 1 amide bonds. The molecule has 1 aromatic carbocycles. The van der Waals surface area contributed by atoms with Crippen LogP contribution in [-0.4, -0.2) is 49.1 Å². The van der Waals surface area contributed by atoms with Crippen molar-refractivity contribution in [3.63, 3.8) is 0 Å². The number of hydrogen-bond acceptors (Lipinski definition) is 5. The molecule has 1 fully saturated rings. The molecule has 1 saturated heterocycles. The molecule has 0 saturated carbocycles. The number of ketones is 1. The van der Waals surface area contributed by atoms with E-state index in [0.29, 0.717) is 42.2 Å². The first-order chi connectivity index (χ1) is 11.6. The number of amides is 1. The third-order valence-corrected chi connectivity index (χ3v) is 4.39. The highest BCUT2D eigenvalue weighted by Gasteiger charge is 2.32. The highest BCUT2D eigenvalue weighted by atomic mass is 16.5. The maximum Gasteiger partial charge on any atom is 0.256 e. The van der Waals surface area contributed by atoms with Crippen LogP contribution in [0.1, 0.15) is 43.0 Å². The molecule has 1 aromatic rings. The van der Waals surface area contributed by atoms with Crippen molar-refractivity contribution in [2.24, 2.45) is 4.99 Å². The van der Waals surface area contributed by atoms with Crippen LogP contribution < -0.4 is 9.47 Å². The first-order valence-electron chi connectivity index (χ1n) is 8.29. The first kappa shape index (κ1) is 16.5. The lowest BCUT2D eigenvalue weighted by atomic mass is 10.1. The summed E-state index contributed by atoms with van der Waals surface area (Å²) in [7, 11) is 1.55.